The van der Waals surface area contributed by atoms with Crippen LogP contribution in [-0.2, 0) is 11.8 Å². The zero-order chi connectivity index (χ0) is 22.8. The van der Waals surface area contributed by atoms with E-state index >= 15 is 0 Å². The molecule has 0 unspecified atom stereocenters. The van der Waals surface area contributed by atoms with Crippen molar-refractivity contribution >= 4 is 17.4 Å². The second-order valence-corrected chi connectivity index (χ2v) is 8.31. The number of aromatic nitrogens is 5. The summed E-state index contributed by atoms with van der Waals surface area (Å²) < 4.78 is 9.29. The lowest BCUT2D eigenvalue weighted by molar-refractivity contribution is 0.0715. The molecule has 1 aliphatic heterocycles. The second-order valence-electron chi connectivity index (χ2n) is 8.31. The number of amides is 1. The average molecular weight is 446 g/mol. The SMILES string of the molecule is C[C@@H](OC(=O)N1CCCN(c2cnn3cc(-c4cnn(C)c4)cnc23)CC1)c1ccccc1. The van der Waals surface area contributed by atoms with Crippen LogP contribution in [0.15, 0.2) is 61.3 Å². The van der Waals surface area contributed by atoms with Crippen LogP contribution >= 0.6 is 0 Å². The lowest BCUT2D eigenvalue weighted by atomic mass is 10.1. The lowest BCUT2D eigenvalue weighted by Gasteiger charge is -2.24. The van der Waals surface area contributed by atoms with E-state index in [9.17, 15) is 4.79 Å². The molecule has 1 aromatic carbocycles. The summed E-state index contributed by atoms with van der Waals surface area (Å²) in [6.45, 7) is 4.68. The number of ether oxygens (including phenoxy) is 1. The number of carbonyl (C=O) groups is 1. The quantitative estimate of drug-likeness (QED) is 0.478. The first-order valence-electron chi connectivity index (χ1n) is 11.2. The predicted octanol–water partition coefficient (Wildman–Crippen LogP) is 3.54. The Labute approximate surface area is 192 Å². The fourth-order valence-electron chi connectivity index (χ4n) is 4.16. The van der Waals surface area contributed by atoms with Gasteiger partial charge in [0.1, 0.15) is 11.8 Å². The lowest BCUT2D eigenvalue weighted by Crippen LogP contribution is -2.36. The summed E-state index contributed by atoms with van der Waals surface area (Å²) in [7, 11) is 1.89. The van der Waals surface area contributed by atoms with Crippen LogP contribution in [0.4, 0.5) is 10.5 Å². The van der Waals surface area contributed by atoms with Gasteiger partial charge in [0.15, 0.2) is 5.65 Å². The fraction of sp³-hybridized carbons (Fsp3) is 0.333. The van der Waals surface area contributed by atoms with E-state index in [4.69, 9.17) is 4.74 Å². The molecule has 33 heavy (non-hydrogen) atoms. The molecule has 4 heterocycles. The first kappa shape index (κ1) is 21.0. The molecule has 1 aliphatic rings. The molecule has 0 radical (unpaired) electrons. The topological polar surface area (TPSA) is 80.8 Å². The van der Waals surface area contributed by atoms with E-state index < -0.39 is 0 Å². The van der Waals surface area contributed by atoms with Gasteiger partial charge < -0.3 is 14.5 Å². The maximum absolute atomic E-state index is 12.8. The van der Waals surface area contributed by atoms with Gasteiger partial charge in [-0.1, -0.05) is 30.3 Å². The molecule has 0 saturated carbocycles. The third kappa shape index (κ3) is 4.39. The monoisotopic (exact) mass is 445 g/mol. The molecule has 9 nitrogen and oxygen atoms in total. The molecule has 170 valence electrons. The Balaban J connectivity index is 1.26. The highest BCUT2D eigenvalue weighted by atomic mass is 16.6. The Hall–Kier alpha value is -3.88. The van der Waals surface area contributed by atoms with Crippen molar-refractivity contribution in [1.29, 1.82) is 0 Å². The van der Waals surface area contributed by atoms with Crippen molar-refractivity contribution in [3.63, 3.8) is 0 Å². The van der Waals surface area contributed by atoms with Crippen molar-refractivity contribution < 1.29 is 9.53 Å². The molecule has 4 aromatic rings. The third-order valence-corrected chi connectivity index (χ3v) is 6.02. The summed E-state index contributed by atoms with van der Waals surface area (Å²) in [5.41, 5.74) is 4.72. The van der Waals surface area contributed by atoms with E-state index in [2.05, 4.69) is 20.1 Å². The third-order valence-electron chi connectivity index (χ3n) is 6.02. The molecule has 1 atom stereocenters. The number of hydrogen-bond donors (Lipinski definition) is 0. The van der Waals surface area contributed by atoms with Crippen molar-refractivity contribution in [3.8, 4) is 11.1 Å². The predicted molar refractivity (Wildman–Crippen MR) is 125 cm³/mol. The average Bonchev–Trinajstić information content (AvgIpc) is 3.38. The molecule has 9 heteroatoms. The molecular formula is C24H27N7O2. The zero-order valence-electron chi connectivity index (χ0n) is 18.8. The van der Waals surface area contributed by atoms with Crippen LogP contribution < -0.4 is 4.90 Å². The van der Waals surface area contributed by atoms with Crippen LogP contribution in [0, 0.1) is 0 Å². The largest absolute Gasteiger partial charge is 0.442 e. The molecular weight excluding hydrogens is 418 g/mol. The smallest absolute Gasteiger partial charge is 0.410 e. The van der Waals surface area contributed by atoms with Gasteiger partial charge >= 0.3 is 6.09 Å². The zero-order valence-corrected chi connectivity index (χ0v) is 18.8. The van der Waals surface area contributed by atoms with E-state index in [0.29, 0.717) is 19.6 Å². The summed E-state index contributed by atoms with van der Waals surface area (Å²) >= 11 is 0. The van der Waals surface area contributed by atoms with Crippen molar-refractivity contribution in [2.75, 3.05) is 31.1 Å². The highest BCUT2D eigenvalue weighted by Gasteiger charge is 2.24. The molecule has 3 aromatic heterocycles. The Morgan fingerprint density at radius 3 is 2.58 bits per heavy atom. The number of anilines is 1. The Bertz CT molecular complexity index is 1250. The van der Waals surface area contributed by atoms with Crippen LogP contribution in [0.2, 0.25) is 0 Å². The van der Waals surface area contributed by atoms with Crippen LogP contribution in [-0.4, -0.2) is 61.6 Å². The number of aryl methyl sites for hydroxylation is 1. The van der Waals surface area contributed by atoms with Gasteiger partial charge in [-0.25, -0.2) is 14.3 Å². The number of rotatable bonds is 4. The number of carbonyl (C=O) groups excluding carboxylic acids is 1. The number of fused-ring (bicyclic) bond motifs is 1. The Morgan fingerprint density at radius 1 is 0.970 bits per heavy atom. The van der Waals surface area contributed by atoms with Gasteiger partial charge in [0.05, 0.1) is 12.4 Å². The van der Waals surface area contributed by atoms with Gasteiger partial charge in [-0.2, -0.15) is 10.2 Å². The molecule has 1 saturated heterocycles. The van der Waals surface area contributed by atoms with Crippen LogP contribution in [0.5, 0.6) is 0 Å². The maximum Gasteiger partial charge on any atom is 0.410 e. The van der Waals surface area contributed by atoms with Crippen LogP contribution in [0.1, 0.15) is 25.0 Å². The molecule has 5 rings (SSSR count). The summed E-state index contributed by atoms with van der Waals surface area (Å²) in [6.07, 6.45) is 9.73. The maximum atomic E-state index is 12.8. The molecule has 1 fully saturated rings. The minimum atomic E-state index is -0.282. The van der Waals surface area contributed by atoms with Crippen molar-refractivity contribution in [3.05, 3.63) is 66.9 Å². The van der Waals surface area contributed by atoms with E-state index in [1.807, 2.05) is 75.3 Å². The molecule has 0 aliphatic carbocycles. The first-order valence-corrected chi connectivity index (χ1v) is 11.2. The standard InChI is InChI=1S/C24H27N7O2/c1-18(19-7-4-3-5-8-19)33-24(32)30-10-6-9-29(11-12-30)22-15-27-31-17-20(13-25-23(22)31)21-14-26-28(2)16-21/h3-5,7-8,13-18H,6,9-12H2,1-2H3/t18-/m1/s1. The molecule has 0 spiro atoms. The van der Waals surface area contributed by atoms with Crippen LogP contribution in [0.3, 0.4) is 0 Å². The minimum absolute atomic E-state index is 0.271. The van der Waals surface area contributed by atoms with Gasteiger partial charge in [0.2, 0.25) is 0 Å². The van der Waals surface area contributed by atoms with Gasteiger partial charge in [-0.05, 0) is 18.9 Å². The molecule has 0 N–H and O–H groups in total. The normalized spacial score (nSPS) is 15.5. The Kier molecular flexibility index (Phi) is 5.68. The highest BCUT2D eigenvalue weighted by Crippen LogP contribution is 2.25. The molecule has 1 amide bonds. The second kappa shape index (κ2) is 8.93. The van der Waals surface area contributed by atoms with Crippen molar-refractivity contribution in [2.45, 2.75) is 19.4 Å². The fourth-order valence-corrected chi connectivity index (χ4v) is 4.16. The van der Waals surface area contributed by atoms with Gasteiger partial charge in [-0.3, -0.25) is 4.68 Å². The summed E-state index contributed by atoms with van der Waals surface area (Å²) in [5, 5.41) is 8.75. The van der Waals surface area contributed by atoms with Crippen LogP contribution in [0.25, 0.3) is 16.8 Å². The van der Waals surface area contributed by atoms with Crippen molar-refractivity contribution in [1.82, 2.24) is 29.3 Å². The molecule has 0 bridgehead atoms. The number of benzene rings is 1. The Morgan fingerprint density at radius 2 is 1.79 bits per heavy atom. The van der Waals surface area contributed by atoms with Crippen molar-refractivity contribution in [2.24, 2.45) is 7.05 Å². The van der Waals surface area contributed by atoms with E-state index in [1.165, 1.54) is 0 Å². The summed E-state index contributed by atoms with van der Waals surface area (Å²) in [4.78, 5) is 21.5. The number of hydrogen-bond acceptors (Lipinski definition) is 6. The van der Waals surface area contributed by atoms with E-state index in [1.54, 1.807) is 14.1 Å². The summed E-state index contributed by atoms with van der Waals surface area (Å²) in [6, 6.07) is 9.80. The van der Waals surface area contributed by atoms with Gasteiger partial charge in [0.25, 0.3) is 0 Å². The van der Waals surface area contributed by atoms with E-state index in [0.717, 1.165) is 41.0 Å². The first-order chi connectivity index (χ1) is 16.1. The minimum Gasteiger partial charge on any atom is -0.442 e. The van der Waals surface area contributed by atoms with Gasteiger partial charge in [0, 0.05) is 62.9 Å². The van der Waals surface area contributed by atoms with E-state index in [-0.39, 0.29) is 12.2 Å². The van der Waals surface area contributed by atoms with Gasteiger partial charge in [-0.15, -0.1) is 0 Å². The summed E-state index contributed by atoms with van der Waals surface area (Å²) in [5.74, 6) is 0. The highest BCUT2D eigenvalue weighted by molar-refractivity contribution is 5.71. The number of nitrogens with zero attached hydrogens (tertiary/aromatic N) is 7.